The van der Waals surface area contributed by atoms with Crippen molar-refractivity contribution in [1.82, 2.24) is 4.98 Å². The van der Waals surface area contributed by atoms with Crippen molar-refractivity contribution in [3.63, 3.8) is 0 Å². The molecule has 22 heavy (non-hydrogen) atoms. The molecule has 6 nitrogen and oxygen atoms in total. The minimum atomic E-state index is 0.560. The molecule has 0 N–H and O–H groups in total. The van der Waals surface area contributed by atoms with E-state index in [1.807, 2.05) is 12.1 Å². The van der Waals surface area contributed by atoms with Crippen LogP contribution in [-0.4, -0.2) is 51.8 Å². The fourth-order valence-electron chi connectivity index (χ4n) is 2.62. The fourth-order valence-corrected chi connectivity index (χ4v) is 2.62. The van der Waals surface area contributed by atoms with Crippen LogP contribution in [0.25, 0.3) is 10.9 Å². The van der Waals surface area contributed by atoms with Crippen LogP contribution in [0.1, 0.15) is 10.4 Å². The van der Waals surface area contributed by atoms with Crippen LogP contribution < -0.4 is 14.4 Å². The number of ether oxygens (including phenoxy) is 3. The molecule has 0 bridgehead atoms. The van der Waals surface area contributed by atoms with E-state index in [0.29, 0.717) is 36.1 Å². The molecule has 1 saturated heterocycles. The molecule has 0 atom stereocenters. The molecule has 0 unspecified atom stereocenters. The Morgan fingerprint density at radius 1 is 1.18 bits per heavy atom. The summed E-state index contributed by atoms with van der Waals surface area (Å²) in [6.07, 6.45) is 0.836. The molecule has 1 fully saturated rings. The average molecular weight is 302 g/mol. The van der Waals surface area contributed by atoms with Gasteiger partial charge in [0.15, 0.2) is 6.29 Å². The van der Waals surface area contributed by atoms with Crippen molar-refractivity contribution in [2.45, 2.75) is 0 Å². The van der Waals surface area contributed by atoms with Crippen LogP contribution >= 0.6 is 0 Å². The summed E-state index contributed by atoms with van der Waals surface area (Å²) < 4.78 is 16.0. The first-order chi connectivity index (χ1) is 10.8. The Hall–Kier alpha value is -2.34. The van der Waals surface area contributed by atoms with Crippen molar-refractivity contribution in [1.29, 1.82) is 0 Å². The predicted molar refractivity (Wildman–Crippen MR) is 83.3 cm³/mol. The first kappa shape index (κ1) is 14.6. The van der Waals surface area contributed by atoms with Crippen molar-refractivity contribution < 1.29 is 19.0 Å². The summed E-state index contributed by atoms with van der Waals surface area (Å²) in [7, 11) is 3.19. The highest BCUT2D eigenvalue weighted by atomic mass is 16.5. The molecule has 0 amide bonds. The first-order valence-corrected chi connectivity index (χ1v) is 7.11. The molecular weight excluding hydrogens is 284 g/mol. The minimum absolute atomic E-state index is 0.560. The zero-order valence-electron chi connectivity index (χ0n) is 12.7. The number of carbonyl (C=O) groups excluding carboxylic acids is 1. The number of fused-ring (bicyclic) bond motifs is 1. The molecular formula is C16H18N2O4. The number of hydrogen-bond donors (Lipinski definition) is 0. The summed E-state index contributed by atoms with van der Waals surface area (Å²) in [4.78, 5) is 18.2. The SMILES string of the molecule is COc1cc(OC)c2nc(N3CCOCC3)c(C=O)cc2c1. The normalized spacial score (nSPS) is 14.9. The van der Waals surface area contributed by atoms with Crippen molar-refractivity contribution >= 4 is 23.0 Å². The van der Waals surface area contributed by atoms with Gasteiger partial charge in [0, 0.05) is 24.5 Å². The van der Waals surface area contributed by atoms with Gasteiger partial charge in [-0.2, -0.15) is 0 Å². The number of aromatic nitrogens is 1. The van der Waals surface area contributed by atoms with E-state index in [-0.39, 0.29) is 0 Å². The standard InChI is InChI=1S/C16H18N2O4/c1-20-13-8-11-7-12(10-19)16(18-3-5-22-6-4-18)17-15(11)14(9-13)21-2/h7-10H,3-6H2,1-2H3. The van der Waals surface area contributed by atoms with Gasteiger partial charge < -0.3 is 19.1 Å². The van der Waals surface area contributed by atoms with E-state index in [1.54, 1.807) is 20.3 Å². The Morgan fingerprint density at radius 2 is 1.95 bits per heavy atom. The molecule has 0 spiro atoms. The summed E-state index contributed by atoms with van der Waals surface area (Å²) in [6.45, 7) is 2.71. The number of carbonyl (C=O) groups is 1. The molecule has 2 heterocycles. The summed E-state index contributed by atoms with van der Waals surface area (Å²) >= 11 is 0. The average Bonchev–Trinajstić information content (AvgIpc) is 2.60. The molecule has 0 radical (unpaired) electrons. The number of pyridine rings is 1. The largest absolute Gasteiger partial charge is 0.497 e. The van der Waals surface area contributed by atoms with Crippen molar-refractivity contribution in [2.75, 3.05) is 45.4 Å². The molecule has 1 aromatic heterocycles. The fraction of sp³-hybridized carbons (Fsp3) is 0.375. The van der Waals surface area contributed by atoms with E-state index in [4.69, 9.17) is 14.2 Å². The van der Waals surface area contributed by atoms with Crippen LogP contribution in [0.5, 0.6) is 11.5 Å². The van der Waals surface area contributed by atoms with Gasteiger partial charge >= 0.3 is 0 Å². The van der Waals surface area contributed by atoms with E-state index in [2.05, 4.69) is 9.88 Å². The van der Waals surface area contributed by atoms with Gasteiger partial charge in [0.25, 0.3) is 0 Å². The second kappa shape index (κ2) is 6.19. The third kappa shape index (κ3) is 2.57. The van der Waals surface area contributed by atoms with E-state index in [9.17, 15) is 4.79 Å². The molecule has 1 aliphatic heterocycles. The van der Waals surface area contributed by atoms with Crippen molar-refractivity contribution in [3.05, 3.63) is 23.8 Å². The zero-order chi connectivity index (χ0) is 15.5. The molecule has 0 aliphatic carbocycles. The number of benzene rings is 1. The second-order valence-electron chi connectivity index (χ2n) is 5.02. The minimum Gasteiger partial charge on any atom is -0.497 e. The van der Waals surface area contributed by atoms with E-state index < -0.39 is 0 Å². The summed E-state index contributed by atoms with van der Waals surface area (Å²) in [5.41, 5.74) is 1.28. The number of aldehydes is 1. The Bertz CT molecular complexity index is 696. The van der Waals surface area contributed by atoms with Gasteiger partial charge in [-0.25, -0.2) is 4.98 Å². The number of anilines is 1. The van der Waals surface area contributed by atoms with E-state index in [0.717, 1.165) is 30.3 Å². The molecule has 2 aromatic rings. The van der Waals surface area contributed by atoms with Crippen LogP contribution in [0.3, 0.4) is 0 Å². The number of nitrogens with zero attached hydrogens (tertiary/aromatic N) is 2. The Labute approximate surface area is 128 Å². The van der Waals surface area contributed by atoms with Gasteiger partial charge in [-0.05, 0) is 12.1 Å². The lowest BCUT2D eigenvalue weighted by molar-refractivity contribution is 0.111. The maximum absolute atomic E-state index is 11.5. The van der Waals surface area contributed by atoms with E-state index in [1.165, 1.54) is 0 Å². The highest BCUT2D eigenvalue weighted by molar-refractivity contribution is 5.95. The van der Waals surface area contributed by atoms with Crippen LogP contribution in [0.15, 0.2) is 18.2 Å². The Morgan fingerprint density at radius 3 is 2.59 bits per heavy atom. The topological polar surface area (TPSA) is 60.9 Å². The molecule has 116 valence electrons. The number of rotatable bonds is 4. The number of hydrogen-bond acceptors (Lipinski definition) is 6. The van der Waals surface area contributed by atoms with E-state index >= 15 is 0 Å². The third-order valence-corrected chi connectivity index (χ3v) is 3.76. The van der Waals surface area contributed by atoms with Crippen LogP contribution in [-0.2, 0) is 4.74 Å². The summed E-state index contributed by atoms with van der Waals surface area (Å²) in [5.74, 6) is 1.97. The molecule has 0 saturated carbocycles. The number of methoxy groups -OCH3 is 2. The highest BCUT2D eigenvalue weighted by Crippen LogP contribution is 2.33. The smallest absolute Gasteiger partial charge is 0.153 e. The maximum atomic E-state index is 11.5. The van der Waals surface area contributed by atoms with Gasteiger partial charge in [-0.3, -0.25) is 4.79 Å². The van der Waals surface area contributed by atoms with Crippen LogP contribution in [0.4, 0.5) is 5.82 Å². The van der Waals surface area contributed by atoms with Crippen LogP contribution in [0, 0.1) is 0 Å². The molecule has 3 rings (SSSR count). The third-order valence-electron chi connectivity index (χ3n) is 3.76. The Balaban J connectivity index is 2.17. The van der Waals surface area contributed by atoms with Gasteiger partial charge in [0.2, 0.25) is 0 Å². The van der Waals surface area contributed by atoms with Gasteiger partial charge in [-0.15, -0.1) is 0 Å². The zero-order valence-corrected chi connectivity index (χ0v) is 12.7. The molecule has 6 heteroatoms. The lowest BCUT2D eigenvalue weighted by Gasteiger charge is -2.29. The molecule has 1 aromatic carbocycles. The summed E-state index contributed by atoms with van der Waals surface area (Å²) in [6, 6.07) is 5.46. The van der Waals surface area contributed by atoms with Gasteiger partial charge in [-0.1, -0.05) is 0 Å². The quantitative estimate of drug-likeness (QED) is 0.804. The lowest BCUT2D eigenvalue weighted by atomic mass is 10.1. The molecule has 1 aliphatic rings. The predicted octanol–water partition coefficient (Wildman–Crippen LogP) is 1.90. The second-order valence-corrected chi connectivity index (χ2v) is 5.02. The van der Waals surface area contributed by atoms with Crippen molar-refractivity contribution in [2.24, 2.45) is 0 Å². The maximum Gasteiger partial charge on any atom is 0.153 e. The first-order valence-electron chi connectivity index (χ1n) is 7.11. The van der Waals surface area contributed by atoms with Crippen LogP contribution in [0.2, 0.25) is 0 Å². The number of morpholine rings is 1. The van der Waals surface area contributed by atoms with Gasteiger partial charge in [0.05, 0.1) is 33.0 Å². The Kier molecular flexibility index (Phi) is 4.11. The lowest BCUT2D eigenvalue weighted by Crippen LogP contribution is -2.37. The van der Waals surface area contributed by atoms with Gasteiger partial charge in [0.1, 0.15) is 22.8 Å². The monoisotopic (exact) mass is 302 g/mol. The van der Waals surface area contributed by atoms with Crippen molar-refractivity contribution in [3.8, 4) is 11.5 Å². The summed E-state index contributed by atoms with van der Waals surface area (Å²) in [5, 5.41) is 0.815. The highest BCUT2D eigenvalue weighted by Gasteiger charge is 2.18.